The smallest absolute Gasteiger partial charge is 0.263 e. The summed E-state index contributed by atoms with van der Waals surface area (Å²) >= 11 is 1.22. The van der Waals surface area contributed by atoms with Gasteiger partial charge in [0.2, 0.25) is 5.13 Å². The zero-order valence-corrected chi connectivity index (χ0v) is 18.9. The Labute approximate surface area is 180 Å². The Kier molecular flexibility index (Phi) is 6.52. The van der Waals surface area contributed by atoms with Gasteiger partial charge in [-0.1, -0.05) is 55.5 Å². The zero-order chi connectivity index (χ0) is 21.9. The number of sulfonamides is 1. The highest BCUT2D eigenvalue weighted by Gasteiger charge is 2.18. The standard InChI is InChI=1S/C21H24N4O3S2/c1-13(2)20-23-24-21(29-20)25-30(27,28)17-10-8-16(9-11-17)12-22-19(26)18-14(3)6-5-7-15(18)4/h5-11,13H,12H2,1-4H3,(H,22,26)(H,24,25). The number of benzene rings is 2. The molecule has 0 saturated carbocycles. The van der Waals surface area contributed by atoms with Crippen molar-refractivity contribution in [3.8, 4) is 0 Å². The van der Waals surface area contributed by atoms with Gasteiger partial charge in [0, 0.05) is 18.0 Å². The number of anilines is 1. The minimum atomic E-state index is -3.76. The SMILES string of the molecule is Cc1cccc(C)c1C(=O)NCc1ccc(S(=O)(=O)Nc2nnc(C(C)C)s2)cc1. The van der Waals surface area contributed by atoms with Crippen molar-refractivity contribution in [1.82, 2.24) is 15.5 Å². The molecule has 7 nitrogen and oxygen atoms in total. The second kappa shape index (κ2) is 8.93. The first-order chi connectivity index (χ1) is 14.2. The fourth-order valence-electron chi connectivity index (χ4n) is 2.91. The largest absolute Gasteiger partial charge is 0.348 e. The highest BCUT2D eigenvalue weighted by molar-refractivity contribution is 7.93. The summed E-state index contributed by atoms with van der Waals surface area (Å²) in [7, 11) is -3.76. The fraction of sp³-hybridized carbons (Fsp3) is 0.286. The summed E-state index contributed by atoms with van der Waals surface area (Å²) in [5.74, 6) is 0.0277. The molecule has 2 aromatic carbocycles. The third-order valence-corrected chi connectivity index (χ3v) is 7.17. The van der Waals surface area contributed by atoms with Gasteiger partial charge in [0.05, 0.1) is 4.90 Å². The average molecular weight is 445 g/mol. The number of nitrogens with one attached hydrogen (secondary N) is 2. The van der Waals surface area contributed by atoms with E-state index in [9.17, 15) is 13.2 Å². The summed E-state index contributed by atoms with van der Waals surface area (Å²) in [4.78, 5) is 12.6. The van der Waals surface area contributed by atoms with Crippen LogP contribution >= 0.6 is 11.3 Å². The fourth-order valence-corrected chi connectivity index (χ4v) is 4.89. The number of rotatable bonds is 7. The van der Waals surface area contributed by atoms with Crippen LogP contribution in [0.2, 0.25) is 0 Å². The normalized spacial score (nSPS) is 11.5. The minimum absolute atomic E-state index is 0.119. The van der Waals surface area contributed by atoms with Crippen molar-refractivity contribution in [3.63, 3.8) is 0 Å². The maximum absolute atomic E-state index is 12.6. The average Bonchev–Trinajstić information content (AvgIpc) is 3.15. The summed E-state index contributed by atoms with van der Waals surface area (Å²) < 4.78 is 27.6. The molecule has 0 atom stereocenters. The Bertz CT molecular complexity index is 1130. The first-order valence-electron chi connectivity index (χ1n) is 9.47. The van der Waals surface area contributed by atoms with E-state index in [1.165, 1.54) is 23.5 Å². The van der Waals surface area contributed by atoms with Crippen molar-refractivity contribution >= 4 is 32.4 Å². The monoisotopic (exact) mass is 444 g/mol. The van der Waals surface area contributed by atoms with Gasteiger partial charge >= 0.3 is 0 Å². The lowest BCUT2D eigenvalue weighted by atomic mass is 10.0. The van der Waals surface area contributed by atoms with Crippen LogP contribution in [0.3, 0.4) is 0 Å². The Morgan fingerprint density at radius 3 is 2.23 bits per heavy atom. The van der Waals surface area contributed by atoms with Gasteiger partial charge in [-0.3, -0.25) is 9.52 Å². The molecule has 0 spiro atoms. The first kappa shape index (κ1) is 21.9. The van der Waals surface area contributed by atoms with E-state index in [4.69, 9.17) is 0 Å². The van der Waals surface area contributed by atoms with Crippen molar-refractivity contribution < 1.29 is 13.2 Å². The van der Waals surface area contributed by atoms with Crippen LogP contribution in [-0.4, -0.2) is 24.5 Å². The van der Waals surface area contributed by atoms with Crippen LogP contribution in [0, 0.1) is 13.8 Å². The lowest BCUT2D eigenvalue weighted by Crippen LogP contribution is -2.24. The minimum Gasteiger partial charge on any atom is -0.348 e. The molecule has 30 heavy (non-hydrogen) atoms. The summed E-state index contributed by atoms with van der Waals surface area (Å²) in [6.07, 6.45) is 0. The molecular weight excluding hydrogens is 420 g/mol. The van der Waals surface area contributed by atoms with Gasteiger partial charge in [0.15, 0.2) is 0 Å². The van der Waals surface area contributed by atoms with Crippen LogP contribution in [-0.2, 0) is 16.6 Å². The van der Waals surface area contributed by atoms with Crippen molar-refractivity contribution in [2.75, 3.05) is 4.72 Å². The number of nitrogens with zero attached hydrogens (tertiary/aromatic N) is 2. The molecule has 0 radical (unpaired) electrons. The molecule has 0 fully saturated rings. The Balaban J connectivity index is 1.66. The first-order valence-corrected chi connectivity index (χ1v) is 11.8. The van der Waals surface area contributed by atoms with Gasteiger partial charge in [-0.2, -0.15) is 0 Å². The number of hydrogen-bond acceptors (Lipinski definition) is 6. The Hall–Kier alpha value is -2.78. The van der Waals surface area contributed by atoms with Gasteiger partial charge in [-0.15, -0.1) is 10.2 Å². The highest BCUT2D eigenvalue weighted by Crippen LogP contribution is 2.24. The summed E-state index contributed by atoms with van der Waals surface area (Å²) in [6.45, 7) is 8.04. The van der Waals surface area contributed by atoms with Gasteiger partial charge in [-0.05, 0) is 42.7 Å². The molecule has 0 aliphatic heterocycles. The topological polar surface area (TPSA) is 101 Å². The summed E-state index contributed by atoms with van der Waals surface area (Å²) in [6, 6.07) is 12.1. The molecule has 3 aromatic rings. The van der Waals surface area contributed by atoms with Gasteiger partial charge < -0.3 is 5.32 Å². The predicted octanol–water partition coefficient (Wildman–Crippen LogP) is 4.01. The second-order valence-electron chi connectivity index (χ2n) is 7.30. The number of amides is 1. The molecule has 0 aliphatic carbocycles. The number of carbonyl (C=O) groups is 1. The molecule has 1 amide bonds. The maximum Gasteiger partial charge on any atom is 0.263 e. The highest BCUT2D eigenvalue weighted by atomic mass is 32.2. The number of aryl methyl sites for hydroxylation is 2. The van der Waals surface area contributed by atoms with Crippen LogP contribution in [0.5, 0.6) is 0 Å². The van der Waals surface area contributed by atoms with Crippen molar-refractivity contribution in [2.45, 2.75) is 45.1 Å². The third-order valence-electron chi connectivity index (χ3n) is 4.55. The summed E-state index contributed by atoms with van der Waals surface area (Å²) in [5, 5.41) is 11.8. The van der Waals surface area contributed by atoms with Crippen LogP contribution in [0.15, 0.2) is 47.4 Å². The Morgan fingerprint density at radius 2 is 1.67 bits per heavy atom. The third kappa shape index (κ3) is 5.03. The lowest BCUT2D eigenvalue weighted by Gasteiger charge is -2.11. The van der Waals surface area contributed by atoms with E-state index in [-0.39, 0.29) is 21.9 Å². The van der Waals surface area contributed by atoms with E-state index >= 15 is 0 Å². The molecule has 0 aliphatic rings. The van der Waals surface area contributed by atoms with Crippen LogP contribution in [0.1, 0.15) is 51.8 Å². The van der Waals surface area contributed by atoms with E-state index in [0.717, 1.165) is 21.7 Å². The maximum atomic E-state index is 12.6. The number of aromatic nitrogens is 2. The number of hydrogen-bond donors (Lipinski definition) is 2. The molecule has 2 N–H and O–H groups in total. The van der Waals surface area contributed by atoms with Gasteiger partial charge in [0.1, 0.15) is 5.01 Å². The van der Waals surface area contributed by atoms with E-state index in [1.807, 2.05) is 45.9 Å². The predicted molar refractivity (Wildman–Crippen MR) is 118 cm³/mol. The van der Waals surface area contributed by atoms with Crippen LogP contribution < -0.4 is 10.0 Å². The van der Waals surface area contributed by atoms with Crippen molar-refractivity contribution in [1.29, 1.82) is 0 Å². The van der Waals surface area contributed by atoms with Crippen LogP contribution in [0.25, 0.3) is 0 Å². The van der Waals surface area contributed by atoms with E-state index < -0.39 is 10.0 Å². The number of carbonyl (C=O) groups excluding carboxylic acids is 1. The molecule has 1 heterocycles. The van der Waals surface area contributed by atoms with E-state index in [1.54, 1.807) is 12.1 Å². The molecular formula is C21H24N4O3S2. The summed E-state index contributed by atoms with van der Waals surface area (Å²) in [5.41, 5.74) is 3.29. The molecule has 1 aromatic heterocycles. The molecule has 158 valence electrons. The van der Waals surface area contributed by atoms with Gasteiger partial charge in [0.25, 0.3) is 15.9 Å². The molecule has 0 unspecified atom stereocenters. The van der Waals surface area contributed by atoms with Crippen molar-refractivity contribution in [3.05, 3.63) is 69.7 Å². The van der Waals surface area contributed by atoms with Crippen molar-refractivity contribution in [2.24, 2.45) is 0 Å². The van der Waals surface area contributed by atoms with Gasteiger partial charge in [-0.25, -0.2) is 8.42 Å². The van der Waals surface area contributed by atoms with Crippen LogP contribution in [0.4, 0.5) is 5.13 Å². The Morgan fingerprint density at radius 1 is 1.03 bits per heavy atom. The quantitative estimate of drug-likeness (QED) is 0.573. The zero-order valence-electron chi connectivity index (χ0n) is 17.3. The molecule has 0 saturated heterocycles. The van der Waals surface area contributed by atoms with E-state index in [0.29, 0.717) is 12.1 Å². The lowest BCUT2D eigenvalue weighted by molar-refractivity contribution is 0.0949. The molecule has 9 heteroatoms. The molecule has 0 bridgehead atoms. The van der Waals surface area contributed by atoms with E-state index in [2.05, 4.69) is 20.2 Å². The second-order valence-corrected chi connectivity index (χ2v) is 9.99. The molecule has 3 rings (SSSR count).